The maximum absolute atomic E-state index is 12.5. The van der Waals surface area contributed by atoms with Crippen molar-refractivity contribution in [2.24, 2.45) is 5.92 Å². The normalized spacial score (nSPS) is 20.2. The third-order valence-electron chi connectivity index (χ3n) is 4.98. The molecule has 2 aromatic carbocycles. The second-order valence-electron chi connectivity index (χ2n) is 8.77. The summed E-state index contributed by atoms with van der Waals surface area (Å²) < 4.78 is 5.42. The van der Waals surface area contributed by atoms with Crippen LogP contribution in [0.3, 0.4) is 0 Å². The van der Waals surface area contributed by atoms with Gasteiger partial charge in [-0.2, -0.15) is 5.06 Å². The van der Waals surface area contributed by atoms with E-state index >= 15 is 0 Å². The predicted molar refractivity (Wildman–Crippen MR) is 116 cm³/mol. The lowest BCUT2D eigenvalue weighted by molar-refractivity contribution is -0.165. The zero-order valence-corrected chi connectivity index (χ0v) is 18.2. The third-order valence-corrected chi connectivity index (χ3v) is 4.98. The molecule has 0 spiro atoms. The summed E-state index contributed by atoms with van der Waals surface area (Å²) in [4.78, 5) is 30.6. The molecule has 3 rings (SSSR count). The van der Waals surface area contributed by atoms with Gasteiger partial charge in [-0.25, -0.2) is 4.79 Å². The number of nitrogens with one attached hydrogen (secondary N) is 1. The highest BCUT2D eigenvalue weighted by Crippen LogP contribution is 2.27. The van der Waals surface area contributed by atoms with Crippen molar-refractivity contribution in [3.8, 4) is 0 Å². The summed E-state index contributed by atoms with van der Waals surface area (Å²) in [7, 11) is 0. The summed E-state index contributed by atoms with van der Waals surface area (Å²) in [6.07, 6.45) is -0.898. The topological polar surface area (TPSA) is 88.1 Å². The predicted octanol–water partition coefficient (Wildman–Crippen LogP) is 3.64. The second-order valence-corrected chi connectivity index (χ2v) is 8.77. The molecule has 3 unspecified atom stereocenters. The zero-order valence-electron chi connectivity index (χ0n) is 18.2. The van der Waals surface area contributed by atoms with Gasteiger partial charge in [-0.05, 0) is 38.3 Å². The number of ether oxygens (including phenoxy) is 1. The number of carbonyl (C=O) groups excluding carboxylic acids is 1. The largest absolute Gasteiger partial charge is 0.481 e. The van der Waals surface area contributed by atoms with E-state index in [0.29, 0.717) is 13.0 Å². The molecule has 1 heterocycles. The van der Waals surface area contributed by atoms with Gasteiger partial charge in [-0.15, -0.1) is 0 Å². The standard InChI is InChI=1S/C24H30N2O5/c1-24(2,3)30-23(29)25-20(14-17-10-6-4-7-11-17)21-19(22(27)28)16-26(31-21)15-18-12-8-5-9-13-18/h4-13,19-21H,14-16H2,1-3H3,(H,25,29)(H,27,28). The molecule has 1 fully saturated rings. The van der Waals surface area contributed by atoms with E-state index in [1.807, 2.05) is 60.7 Å². The maximum atomic E-state index is 12.5. The van der Waals surface area contributed by atoms with Crippen molar-refractivity contribution in [3.63, 3.8) is 0 Å². The molecule has 7 heteroatoms. The van der Waals surface area contributed by atoms with Gasteiger partial charge < -0.3 is 15.2 Å². The van der Waals surface area contributed by atoms with Gasteiger partial charge in [0.15, 0.2) is 0 Å². The van der Waals surface area contributed by atoms with Crippen LogP contribution in [0.1, 0.15) is 31.9 Å². The lowest BCUT2D eigenvalue weighted by atomic mass is 9.92. The van der Waals surface area contributed by atoms with Crippen molar-refractivity contribution in [1.82, 2.24) is 10.4 Å². The van der Waals surface area contributed by atoms with Gasteiger partial charge in [-0.1, -0.05) is 60.7 Å². The number of carbonyl (C=O) groups is 2. The maximum Gasteiger partial charge on any atom is 0.407 e. The minimum absolute atomic E-state index is 0.232. The molecule has 0 saturated carbocycles. The number of hydrogen-bond acceptors (Lipinski definition) is 5. The van der Waals surface area contributed by atoms with Crippen LogP contribution < -0.4 is 5.32 Å². The van der Waals surface area contributed by atoms with E-state index in [9.17, 15) is 14.7 Å². The molecule has 1 saturated heterocycles. The van der Waals surface area contributed by atoms with Gasteiger partial charge in [0.1, 0.15) is 17.6 Å². The first kappa shape index (κ1) is 22.8. The number of hydroxylamine groups is 2. The van der Waals surface area contributed by atoms with Crippen molar-refractivity contribution in [2.45, 2.75) is 51.5 Å². The minimum Gasteiger partial charge on any atom is -0.481 e. The SMILES string of the molecule is CC(C)(C)OC(=O)NC(Cc1ccccc1)C1ON(Cc2ccccc2)CC1C(=O)O. The molecular formula is C24H30N2O5. The Labute approximate surface area is 182 Å². The number of alkyl carbamates (subject to hydrolysis) is 1. The summed E-state index contributed by atoms with van der Waals surface area (Å²) in [6, 6.07) is 18.8. The highest BCUT2D eigenvalue weighted by Gasteiger charge is 2.44. The fraction of sp³-hybridized carbons (Fsp3) is 0.417. The number of aliphatic carboxylic acids is 1. The fourth-order valence-electron chi connectivity index (χ4n) is 3.65. The zero-order chi connectivity index (χ0) is 22.4. The number of benzene rings is 2. The van der Waals surface area contributed by atoms with E-state index in [1.54, 1.807) is 25.8 Å². The Morgan fingerprint density at radius 1 is 1.10 bits per heavy atom. The van der Waals surface area contributed by atoms with Gasteiger partial charge in [0.05, 0.1) is 6.04 Å². The molecule has 3 atom stereocenters. The van der Waals surface area contributed by atoms with Crippen LogP contribution in [-0.4, -0.2) is 46.5 Å². The first-order valence-electron chi connectivity index (χ1n) is 10.4. The van der Waals surface area contributed by atoms with Crippen LogP contribution >= 0.6 is 0 Å². The van der Waals surface area contributed by atoms with Gasteiger partial charge in [0, 0.05) is 13.1 Å². The summed E-state index contributed by atoms with van der Waals surface area (Å²) in [6.45, 7) is 6.05. The smallest absolute Gasteiger partial charge is 0.407 e. The fourth-order valence-corrected chi connectivity index (χ4v) is 3.65. The quantitative estimate of drug-likeness (QED) is 0.703. The highest BCUT2D eigenvalue weighted by molar-refractivity contribution is 5.72. The summed E-state index contributed by atoms with van der Waals surface area (Å²) in [5, 5.41) is 14.4. The Bertz CT molecular complexity index is 867. The van der Waals surface area contributed by atoms with Crippen LogP contribution in [0.25, 0.3) is 0 Å². The van der Waals surface area contributed by atoms with E-state index in [4.69, 9.17) is 9.57 Å². The molecule has 7 nitrogen and oxygen atoms in total. The first-order valence-corrected chi connectivity index (χ1v) is 10.4. The summed E-state index contributed by atoms with van der Waals surface area (Å²) >= 11 is 0. The van der Waals surface area contributed by atoms with Crippen molar-refractivity contribution in [1.29, 1.82) is 0 Å². The van der Waals surface area contributed by atoms with Gasteiger partial charge in [-0.3, -0.25) is 9.63 Å². The monoisotopic (exact) mass is 426 g/mol. The molecule has 2 N–H and O–H groups in total. The number of rotatable bonds is 7. The molecule has 2 aromatic rings. The van der Waals surface area contributed by atoms with Crippen LogP contribution in [0.2, 0.25) is 0 Å². The molecule has 0 bridgehead atoms. The van der Waals surface area contributed by atoms with Gasteiger partial charge >= 0.3 is 12.1 Å². The Kier molecular flexibility index (Phi) is 7.30. The van der Waals surface area contributed by atoms with Crippen molar-refractivity contribution in [2.75, 3.05) is 6.54 Å². The molecule has 31 heavy (non-hydrogen) atoms. The highest BCUT2D eigenvalue weighted by atomic mass is 16.7. The molecule has 1 aliphatic heterocycles. The van der Waals surface area contributed by atoms with Crippen LogP contribution in [0.15, 0.2) is 60.7 Å². The number of carboxylic acids is 1. The van der Waals surface area contributed by atoms with E-state index in [1.165, 1.54) is 0 Å². The number of amides is 1. The van der Waals surface area contributed by atoms with Crippen molar-refractivity contribution in [3.05, 3.63) is 71.8 Å². The molecule has 0 aliphatic carbocycles. The number of carboxylic acid groups (broad SMARTS) is 1. The van der Waals surface area contributed by atoms with E-state index < -0.39 is 35.7 Å². The Morgan fingerprint density at radius 3 is 2.23 bits per heavy atom. The second kappa shape index (κ2) is 9.94. The van der Waals surface area contributed by atoms with Crippen LogP contribution in [0.4, 0.5) is 4.79 Å². The Balaban J connectivity index is 1.80. The molecule has 0 aromatic heterocycles. The molecule has 166 valence electrons. The number of nitrogens with zero attached hydrogens (tertiary/aromatic N) is 1. The van der Waals surface area contributed by atoms with Gasteiger partial charge in [0.2, 0.25) is 0 Å². The summed E-state index contributed by atoms with van der Waals surface area (Å²) in [5.41, 5.74) is 1.33. The van der Waals surface area contributed by atoms with E-state index in [2.05, 4.69) is 5.32 Å². The van der Waals surface area contributed by atoms with E-state index in [-0.39, 0.29) is 6.54 Å². The van der Waals surface area contributed by atoms with Crippen LogP contribution in [-0.2, 0) is 27.3 Å². The van der Waals surface area contributed by atoms with Gasteiger partial charge in [0.25, 0.3) is 0 Å². The number of hydrogen-bond donors (Lipinski definition) is 2. The van der Waals surface area contributed by atoms with Crippen molar-refractivity contribution < 1.29 is 24.3 Å². The lowest BCUT2D eigenvalue weighted by Crippen LogP contribution is -2.50. The average Bonchev–Trinajstić information content (AvgIpc) is 3.12. The minimum atomic E-state index is -0.954. The molecule has 1 amide bonds. The average molecular weight is 427 g/mol. The first-order chi connectivity index (χ1) is 14.7. The molecule has 0 radical (unpaired) electrons. The molecular weight excluding hydrogens is 396 g/mol. The molecule has 1 aliphatic rings. The van der Waals surface area contributed by atoms with Crippen LogP contribution in [0.5, 0.6) is 0 Å². The Morgan fingerprint density at radius 2 is 1.68 bits per heavy atom. The lowest BCUT2D eigenvalue weighted by Gasteiger charge is -2.28. The van der Waals surface area contributed by atoms with Crippen LogP contribution in [0, 0.1) is 5.92 Å². The summed E-state index contributed by atoms with van der Waals surface area (Å²) in [5.74, 6) is -1.74. The third kappa shape index (κ3) is 6.80. The van der Waals surface area contributed by atoms with Crippen molar-refractivity contribution >= 4 is 12.1 Å². The Hall–Kier alpha value is -2.90. The van der Waals surface area contributed by atoms with E-state index in [0.717, 1.165) is 11.1 Å².